The molecule has 1 aliphatic carbocycles. The summed E-state index contributed by atoms with van der Waals surface area (Å²) in [5, 5.41) is 73.9. The number of hydrogen-bond donors (Lipinski definition) is 12. The number of aliphatic hydroxyl groups excluding tert-OH is 2. The predicted octanol–water partition coefficient (Wildman–Crippen LogP) is 4.15. The van der Waals surface area contributed by atoms with Crippen LogP contribution in [0.25, 0.3) is 0 Å². The van der Waals surface area contributed by atoms with Gasteiger partial charge in [-0.2, -0.15) is 0 Å². The lowest BCUT2D eigenvalue weighted by atomic mass is 9.81. The summed E-state index contributed by atoms with van der Waals surface area (Å²) in [4.78, 5) is 97.6. The van der Waals surface area contributed by atoms with Crippen LogP contribution in [0.5, 0.6) is 0 Å². The third kappa shape index (κ3) is 33.3. The molecule has 20 heteroatoms. The van der Waals surface area contributed by atoms with Crippen molar-refractivity contribution in [3.05, 3.63) is 12.7 Å². The van der Waals surface area contributed by atoms with Crippen molar-refractivity contribution in [3.63, 3.8) is 0 Å². The quantitative estimate of drug-likeness (QED) is 0.0232. The van der Waals surface area contributed by atoms with Gasteiger partial charge in [-0.25, -0.2) is 4.79 Å². The van der Waals surface area contributed by atoms with E-state index in [2.05, 4.69) is 38.5 Å². The molecule has 0 unspecified atom stereocenters. The van der Waals surface area contributed by atoms with Gasteiger partial charge < -0.3 is 62.5 Å². The van der Waals surface area contributed by atoms with Crippen molar-refractivity contribution in [1.29, 1.82) is 0 Å². The van der Waals surface area contributed by atoms with Gasteiger partial charge in [-0.3, -0.25) is 33.6 Å². The van der Waals surface area contributed by atoms with Gasteiger partial charge in [0.25, 0.3) is 0 Å². The number of carbonyl (C=O) groups is 8. The molecule has 414 valence electrons. The zero-order valence-electron chi connectivity index (χ0n) is 43.2. The normalized spacial score (nSPS) is 16.3. The van der Waals surface area contributed by atoms with Gasteiger partial charge in [0.15, 0.2) is 18.4 Å². The number of aliphatic hydroxyl groups is 4. The molecule has 72 heavy (non-hydrogen) atoms. The molecule has 0 spiro atoms. The maximum atomic E-state index is 13.1. The highest BCUT2D eigenvalue weighted by Crippen LogP contribution is 2.29. The Labute approximate surface area is 427 Å². The molecule has 20 nitrogen and oxygen atoms in total. The number of amides is 5. The summed E-state index contributed by atoms with van der Waals surface area (Å²) in [6.45, 7) is 4.34. The minimum atomic E-state index is -2.02. The Hall–Kier alpha value is -4.50. The molecule has 0 aliphatic heterocycles. The highest BCUT2D eigenvalue weighted by Gasteiger charge is 2.30. The minimum Gasteiger partial charge on any atom is -0.481 e. The van der Waals surface area contributed by atoms with E-state index in [1.54, 1.807) is 7.05 Å². The first-order valence-electron chi connectivity index (χ1n) is 26.9. The molecule has 1 aliphatic rings. The molecule has 0 saturated heterocycles. The first-order chi connectivity index (χ1) is 34.5. The first-order valence-corrected chi connectivity index (χ1v) is 26.9. The Morgan fingerprint density at radius 1 is 0.500 bits per heavy atom. The van der Waals surface area contributed by atoms with Crippen LogP contribution in [0.15, 0.2) is 12.7 Å². The van der Waals surface area contributed by atoms with E-state index in [1.165, 1.54) is 70.3 Å². The second kappa shape index (κ2) is 40.9. The van der Waals surface area contributed by atoms with Gasteiger partial charge in [-0.1, -0.05) is 96.5 Å². The number of carboxylic acid groups (broad SMARTS) is 2. The van der Waals surface area contributed by atoms with Gasteiger partial charge in [-0.15, -0.1) is 0 Å². The van der Waals surface area contributed by atoms with E-state index >= 15 is 0 Å². The number of nitrogens with one attached hydrogen (secondary N) is 6. The molecular formula is C52H92N6O14. The largest absolute Gasteiger partial charge is 0.481 e. The Balaban J connectivity index is 2.27. The SMILES string of the molecule is C=CC(=O)[C@H](CCCCNC(=O)CC[C@H](NC(=O)CC[C@H](NC(=O)CC[C@H](NC(=O)C1CCC(CNC(=O)CCCCCCCCCCCCCCCCCCC(=O)O)CC1)C(O)O)C(=O)O)C(O)O)NC. The van der Waals surface area contributed by atoms with E-state index < -0.39 is 78.6 Å². The molecule has 0 radical (unpaired) electrons. The van der Waals surface area contributed by atoms with Crippen molar-refractivity contribution in [1.82, 2.24) is 31.9 Å². The summed E-state index contributed by atoms with van der Waals surface area (Å²) in [5.74, 6) is -4.71. The molecule has 1 fully saturated rings. The maximum absolute atomic E-state index is 13.1. The summed E-state index contributed by atoms with van der Waals surface area (Å²) in [6, 6.07) is -4.32. The number of ketones is 1. The van der Waals surface area contributed by atoms with E-state index in [9.17, 15) is 63.9 Å². The second-order valence-corrected chi connectivity index (χ2v) is 19.6. The molecule has 12 N–H and O–H groups in total. The van der Waals surface area contributed by atoms with Crippen molar-refractivity contribution < 1.29 is 69.0 Å². The predicted molar refractivity (Wildman–Crippen MR) is 272 cm³/mol. The smallest absolute Gasteiger partial charge is 0.326 e. The van der Waals surface area contributed by atoms with E-state index in [0.717, 1.165) is 38.5 Å². The van der Waals surface area contributed by atoms with Crippen LogP contribution in [0.3, 0.4) is 0 Å². The highest BCUT2D eigenvalue weighted by molar-refractivity contribution is 5.93. The number of likely N-dealkylation sites (N-methyl/N-ethyl adjacent to an activating group) is 1. The summed E-state index contributed by atoms with van der Waals surface area (Å²) in [6.07, 6.45) is 19.1. The van der Waals surface area contributed by atoms with Crippen molar-refractivity contribution >= 4 is 47.3 Å². The van der Waals surface area contributed by atoms with Crippen LogP contribution in [0.4, 0.5) is 0 Å². The average molecular weight is 1030 g/mol. The van der Waals surface area contributed by atoms with Crippen molar-refractivity contribution in [2.24, 2.45) is 11.8 Å². The van der Waals surface area contributed by atoms with E-state index in [-0.39, 0.29) is 62.2 Å². The topological polar surface area (TPSA) is 330 Å². The molecular weight excluding hydrogens is 933 g/mol. The van der Waals surface area contributed by atoms with Gasteiger partial charge in [0.2, 0.25) is 29.5 Å². The van der Waals surface area contributed by atoms with Crippen LogP contribution in [0.2, 0.25) is 0 Å². The van der Waals surface area contributed by atoms with E-state index in [0.29, 0.717) is 64.5 Å². The third-order valence-corrected chi connectivity index (χ3v) is 13.5. The van der Waals surface area contributed by atoms with Gasteiger partial charge in [-0.05, 0) is 96.1 Å². The lowest BCUT2D eigenvalue weighted by molar-refractivity contribution is -0.142. The van der Waals surface area contributed by atoms with Crippen LogP contribution in [0.1, 0.15) is 199 Å². The lowest BCUT2D eigenvalue weighted by Gasteiger charge is -2.30. The number of unbranched alkanes of at least 4 members (excludes halogenated alkanes) is 16. The van der Waals surface area contributed by atoms with Gasteiger partial charge >= 0.3 is 11.9 Å². The standard InChI is InChI=1S/C52H92N6O14/c1-3-43(59)39(53-2)22-20-21-35-54-45(61)32-29-40(50(67)68)56-46(62)33-30-41(51(69)70)57-47(63)34-31-42(52(71)72)58-49(66)38-27-25-37(26-28-38)36-55-44(60)23-18-16-14-12-10-8-6-4-5-7-9-11-13-15-17-19-24-48(64)65/h3,37-42,50,52-53,67-68,71-72H,1,4-36H2,2H3,(H,54,61)(H,55,60)(H,56,62)(H,57,63)(H,58,66)(H,64,65)(H,69,70)/t37?,38?,39-,40-,41-,42-/m0/s1. The summed E-state index contributed by atoms with van der Waals surface area (Å²) >= 11 is 0. The molecule has 0 bridgehead atoms. The monoisotopic (exact) mass is 1020 g/mol. The van der Waals surface area contributed by atoms with Crippen LogP contribution < -0.4 is 31.9 Å². The summed E-state index contributed by atoms with van der Waals surface area (Å²) in [5.41, 5.74) is 0. The molecule has 0 aromatic heterocycles. The number of aliphatic carboxylic acids is 2. The maximum Gasteiger partial charge on any atom is 0.326 e. The number of carbonyl (C=O) groups excluding carboxylic acids is 6. The molecule has 4 atom stereocenters. The highest BCUT2D eigenvalue weighted by atomic mass is 16.5. The van der Waals surface area contributed by atoms with Crippen molar-refractivity contribution in [3.8, 4) is 0 Å². The van der Waals surface area contributed by atoms with E-state index in [4.69, 9.17) is 5.11 Å². The van der Waals surface area contributed by atoms with Gasteiger partial charge in [0, 0.05) is 51.1 Å². The fourth-order valence-electron chi connectivity index (χ4n) is 8.92. The number of hydrogen-bond acceptors (Lipinski definition) is 13. The molecule has 0 aromatic rings. The van der Waals surface area contributed by atoms with Crippen LogP contribution >= 0.6 is 0 Å². The molecule has 1 saturated carbocycles. The molecule has 0 heterocycles. The Bertz CT molecular complexity index is 1590. The Morgan fingerprint density at radius 3 is 1.44 bits per heavy atom. The minimum absolute atomic E-state index is 0.0304. The Morgan fingerprint density at radius 2 is 0.958 bits per heavy atom. The first kappa shape index (κ1) is 65.5. The van der Waals surface area contributed by atoms with Crippen LogP contribution in [0, 0.1) is 11.8 Å². The van der Waals surface area contributed by atoms with Crippen LogP contribution in [-0.4, -0.2) is 135 Å². The fourth-order valence-corrected chi connectivity index (χ4v) is 8.92. The average Bonchev–Trinajstić information content (AvgIpc) is 3.34. The fraction of sp³-hybridized carbons (Fsp3) is 0.808. The van der Waals surface area contributed by atoms with E-state index in [1.807, 2.05) is 0 Å². The zero-order chi connectivity index (χ0) is 53.5. The molecule has 5 amide bonds. The number of rotatable bonds is 45. The number of carboxylic acids is 2. The Kier molecular flexibility index (Phi) is 37.2. The second-order valence-electron chi connectivity index (χ2n) is 19.6. The molecule has 0 aromatic carbocycles. The summed E-state index contributed by atoms with van der Waals surface area (Å²) < 4.78 is 0. The zero-order valence-corrected chi connectivity index (χ0v) is 43.2. The lowest BCUT2D eigenvalue weighted by Crippen LogP contribution is -2.48. The van der Waals surface area contributed by atoms with Gasteiger partial charge in [0.1, 0.15) is 6.04 Å². The van der Waals surface area contributed by atoms with Crippen molar-refractivity contribution in [2.75, 3.05) is 20.1 Å². The van der Waals surface area contributed by atoms with Gasteiger partial charge in [0.05, 0.1) is 18.1 Å². The van der Waals surface area contributed by atoms with Crippen molar-refractivity contribution in [2.45, 2.75) is 236 Å². The third-order valence-electron chi connectivity index (χ3n) is 13.5. The van der Waals surface area contributed by atoms with Crippen LogP contribution in [-0.2, 0) is 38.4 Å². The molecule has 1 rings (SSSR count). The summed E-state index contributed by atoms with van der Waals surface area (Å²) in [7, 11) is 1.67.